The molecule has 1 aromatic carbocycles. The molecule has 1 unspecified atom stereocenters. The lowest BCUT2D eigenvalue weighted by molar-refractivity contribution is -0.385. The van der Waals surface area contributed by atoms with Gasteiger partial charge in [-0.05, 0) is 25.5 Å². The van der Waals surface area contributed by atoms with Crippen molar-refractivity contribution in [2.75, 3.05) is 5.88 Å². The van der Waals surface area contributed by atoms with Gasteiger partial charge in [-0.25, -0.2) is 4.39 Å². The number of benzene rings is 1. The average Bonchev–Trinajstić information content (AvgIpc) is 2.28. The van der Waals surface area contributed by atoms with Crippen LogP contribution in [0.5, 0.6) is 0 Å². The largest absolute Gasteiger partial charge is 0.349 e. The Labute approximate surface area is 108 Å². The minimum absolute atomic E-state index is 0.238. The predicted octanol–water partition coefficient (Wildman–Crippen LogP) is 2.48. The number of hydrogen-bond donors (Lipinski definition) is 1. The van der Waals surface area contributed by atoms with Crippen LogP contribution in [0.25, 0.3) is 0 Å². The first-order valence-corrected chi connectivity index (χ1v) is 5.80. The lowest BCUT2D eigenvalue weighted by atomic mass is 10.1. The summed E-state index contributed by atoms with van der Waals surface area (Å²) < 4.78 is 13.0. The number of amides is 1. The second-order valence-electron chi connectivity index (χ2n) is 3.77. The third-order valence-corrected chi connectivity index (χ3v) is 2.54. The number of hydrogen-bond acceptors (Lipinski definition) is 3. The highest BCUT2D eigenvalue weighted by molar-refractivity contribution is 6.17. The first kappa shape index (κ1) is 14.4. The fourth-order valence-corrected chi connectivity index (χ4v) is 1.71. The maximum Gasteiger partial charge on any atom is 0.282 e. The highest BCUT2D eigenvalue weighted by Crippen LogP contribution is 2.19. The SMILES string of the molecule is CC(CCCl)NC(=O)c1cc(F)ccc1[N+](=O)[O-]. The molecule has 1 rings (SSSR count). The Balaban J connectivity index is 2.97. The van der Waals surface area contributed by atoms with Crippen molar-refractivity contribution in [2.45, 2.75) is 19.4 Å². The summed E-state index contributed by atoms with van der Waals surface area (Å²) in [5, 5.41) is 13.3. The van der Waals surface area contributed by atoms with Crippen LogP contribution in [-0.4, -0.2) is 22.8 Å². The van der Waals surface area contributed by atoms with E-state index in [0.29, 0.717) is 12.3 Å². The third-order valence-electron chi connectivity index (χ3n) is 2.32. The molecule has 1 aromatic rings. The van der Waals surface area contributed by atoms with Crippen molar-refractivity contribution >= 4 is 23.2 Å². The molecule has 0 spiro atoms. The van der Waals surface area contributed by atoms with Gasteiger partial charge in [-0.15, -0.1) is 11.6 Å². The van der Waals surface area contributed by atoms with Gasteiger partial charge in [0.05, 0.1) is 4.92 Å². The van der Waals surface area contributed by atoms with Crippen LogP contribution < -0.4 is 5.32 Å². The first-order chi connectivity index (χ1) is 8.45. The zero-order valence-electron chi connectivity index (χ0n) is 9.65. The van der Waals surface area contributed by atoms with E-state index >= 15 is 0 Å². The molecule has 1 amide bonds. The summed E-state index contributed by atoms with van der Waals surface area (Å²) in [7, 11) is 0. The quantitative estimate of drug-likeness (QED) is 0.509. The number of rotatable bonds is 5. The fraction of sp³-hybridized carbons (Fsp3) is 0.364. The number of nitro groups is 1. The van der Waals surface area contributed by atoms with Gasteiger partial charge >= 0.3 is 0 Å². The minimum atomic E-state index is -0.722. The molecule has 0 aliphatic heterocycles. The molecule has 7 heteroatoms. The van der Waals surface area contributed by atoms with Crippen LogP contribution in [-0.2, 0) is 0 Å². The molecule has 0 fully saturated rings. The van der Waals surface area contributed by atoms with Crippen molar-refractivity contribution in [3.63, 3.8) is 0 Å². The van der Waals surface area contributed by atoms with Crippen molar-refractivity contribution < 1.29 is 14.1 Å². The molecule has 18 heavy (non-hydrogen) atoms. The number of alkyl halides is 1. The van der Waals surface area contributed by atoms with E-state index in [0.717, 1.165) is 18.2 Å². The third kappa shape index (κ3) is 3.66. The molecule has 0 aromatic heterocycles. The Kier molecular flexibility index (Phi) is 5.03. The molecule has 1 N–H and O–H groups in total. The highest BCUT2D eigenvalue weighted by Gasteiger charge is 2.21. The van der Waals surface area contributed by atoms with Crippen LogP contribution in [0.4, 0.5) is 10.1 Å². The number of nitrogens with one attached hydrogen (secondary N) is 1. The number of carbonyl (C=O) groups is 1. The van der Waals surface area contributed by atoms with E-state index < -0.39 is 22.3 Å². The summed E-state index contributed by atoms with van der Waals surface area (Å²) in [6.07, 6.45) is 0.524. The van der Waals surface area contributed by atoms with E-state index in [4.69, 9.17) is 11.6 Å². The molecular weight excluding hydrogens is 263 g/mol. The van der Waals surface area contributed by atoms with Crippen LogP contribution in [0.3, 0.4) is 0 Å². The molecule has 0 bridgehead atoms. The zero-order valence-corrected chi connectivity index (χ0v) is 10.4. The van der Waals surface area contributed by atoms with Gasteiger partial charge in [-0.3, -0.25) is 14.9 Å². The minimum Gasteiger partial charge on any atom is -0.349 e. The van der Waals surface area contributed by atoms with E-state index in [9.17, 15) is 19.3 Å². The number of nitrogens with zero attached hydrogens (tertiary/aromatic N) is 1. The van der Waals surface area contributed by atoms with Crippen molar-refractivity contribution in [3.05, 3.63) is 39.7 Å². The van der Waals surface area contributed by atoms with Gasteiger partial charge in [-0.1, -0.05) is 0 Å². The summed E-state index contributed by atoms with van der Waals surface area (Å²) >= 11 is 5.51. The van der Waals surface area contributed by atoms with Gasteiger partial charge in [0.15, 0.2) is 0 Å². The average molecular weight is 275 g/mol. The molecule has 0 heterocycles. The van der Waals surface area contributed by atoms with Crippen LogP contribution in [0.15, 0.2) is 18.2 Å². The molecule has 5 nitrogen and oxygen atoms in total. The van der Waals surface area contributed by atoms with E-state index in [-0.39, 0.29) is 11.6 Å². The predicted molar refractivity (Wildman–Crippen MR) is 65.3 cm³/mol. The molecule has 0 saturated carbocycles. The van der Waals surface area contributed by atoms with E-state index in [2.05, 4.69) is 5.32 Å². The van der Waals surface area contributed by atoms with Crippen LogP contribution in [0, 0.1) is 15.9 Å². The highest BCUT2D eigenvalue weighted by atomic mass is 35.5. The maximum atomic E-state index is 13.0. The molecule has 98 valence electrons. The van der Waals surface area contributed by atoms with Crippen molar-refractivity contribution in [2.24, 2.45) is 0 Å². The lowest BCUT2D eigenvalue weighted by Gasteiger charge is -2.12. The van der Waals surface area contributed by atoms with E-state index in [1.807, 2.05) is 0 Å². The standard InChI is InChI=1S/C11H12ClFN2O3/c1-7(4-5-12)14-11(16)9-6-8(13)2-3-10(9)15(17)18/h2-3,6-7H,4-5H2,1H3,(H,14,16). The summed E-state index contributed by atoms with van der Waals surface area (Å²) in [5.41, 5.74) is -0.714. The summed E-state index contributed by atoms with van der Waals surface area (Å²) in [4.78, 5) is 21.8. The van der Waals surface area contributed by atoms with Gasteiger partial charge in [0.25, 0.3) is 11.6 Å². The molecule has 0 saturated heterocycles. The van der Waals surface area contributed by atoms with Gasteiger partial charge in [0.1, 0.15) is 11.4 Å². The second-order valence-corrected chi connectivity index (χ2v) is 4.15. The Morgan fingerprint density at radius 3 is 2.83 bits per heavy atom. The van der Waals surface area contributed by atoms with Crippen molar-refractivity contribution in [1.29, 1.82) is 0 Å². The maximum absolute atomic E-state index is 13.0. The van der Waals surface area contributed by atoms with Crippen LogP contribution >= 0.6 is 11.6 Å². The topological polar surface area (TPSA) is 72.2 Å². The van der Waals surface area contributed by atoms with Gasteiger partial charge in [0.2, 0.25) is 0 Å². The summed E-state index contributed by atoms with van der Waals surface area (Å²) in [6, 6.07) is 2.52. The normalized spacial score (nSPS) is 11.9. The molecule has 1 atom stereocenters. The Morgan fingerprint density at radius 1 is 1.61 bits per heavy atom. The fourth-order valence-electron chi connectivity index (χ4n) is 1.39. The summed E-state index contributed by atoms with van der Waals surface area (Å²) in [6.45, 7) is 1.71. The first-order valence-electron chi connectivity index (χ1n) is 5.26. The Bertz CT molecular complexity index is 468. The molecule has 0 aliphatic carbocycles. The zero-order chi connectivity index (χ0) is 13.7. The van der Waals surface area contributed by atoms with Gasteiger partial charge in [-0.2, -0.15) is 0 Å². The molecule has 0 radical (unpaired) electrons. The van der Waals surface area contributed by atoms with E-state index in [1.54, 1.807) is 6.92 Å². The lowest BCUT2D eigenvalue weighted by Crippen LogP contribution is -2.33. The van der Waals surface area contributed by atoms with Crippen LogP contribution in [0.2, 0.25) is 0 Å². The monoisotopic (exact) mass is 274 g/mol. The Hall–Kier alpha value is -1.69. The number of nitro benzene ring substituents is 1. The molecular formula is C11H12ClFN2O3. The second kappa shape index (κ2) is 6.30. The molecule has 0 aliphatic rings. The van der Waals surface area contributed by atoms with Gasteiger partial charge < -0.3 is 5.32 Å². The van der Waals surface area contributed by atoms with E-state index in [1.165, 1.54) is 0 Å². The smallest absolute Gasteiger partial charge is 0.282 e. The van der Waals surface area contributed by atoms with Crippen LogP contribution in [0.1, 0.15) is 23.7 Å². The number of halogens is 2. The number of carbonyl (C=O) groups excluding carboxylic acids is 1. The van der Waals surface area contributed by atoms with Gasteiger partial charge in [0, 0.05) is 18.0 Å². The van der Waals surface area contributed by atoms with Crippen molar-refractivity contribution in [1.82, 2.24) is 5.32 Å². The van der Waals surface area contributed by atoms with Crippen molar-refractivity contribution in [3.8, 4) is 0 Å². The summed E-state index contributed by atoms with van der Waals surface area (Å²) in [5.74, 6) is -1.03. The Morgan fingerprint density at radius 2 is 2.28 bits per heavy atom.